The molecular weight excluding hydrogens is 282 g/mol. The average molecular weight is 305 g/mol. The lowest BCUT2D eigenvalue weighted by Gasteiger charge is -2.35. The van der Waals surface area contributed by atoms with Crippen molar-refractivity contribution in [3.63, 3.8) is 0 Å². The first-order chi connectivity index (χ1) is 10.7. The van der Waals surface area contributed by atoms with Crippen LogP contribution in [0.4, 0.5) is 5.82 Å². The van der Waals surface area contributed by atoms with E-state index in [1.165, 1.54) is 4.63 Å². The van der Waals surface area contributed by atoms with E-state index < -0.39 is 0 Å². The highest BCUT2D eigenvalue weighted by Crippen LogP contribution is 2.14. The third kappa shape index (κ3) is 3.69. The topological polar surface area (TPSA) is 80.5 Å². The number of fused-ring (bicyclic) bond motifs is 1. The molecule has 0 aromatic carbocycles. The van der Waals surface area contributed by atoms with E-state index in [-0.39, 0.29) is 0 Å². The minimum atomic E-state index is 0.482. The maximum absolute atomic E-state index is 5.46. The molecule has 3 rings (SSSR count). The van der Waals surface area contributed by atoms with Gasteiger partial charge in [0.05, 0.1) is 13.2 Å². The Morgan fingerprint density at radius 1 is 1.27 bits per heavy atom. The second-order valence-electron chi connectivity index (χ2n) is 6.06. The molecule has 0 aliphatic carbocycles. The van der Waals surface area contributed by atoms with Crippen molar-refractivity contribution in [3.05, 3.63) is 12.1 Å². The van der Waals surface area contributed by atoms with Crippen molar-refractivity contribution in [2.75, 3.05) is 38.2 Å². The number of hydrogen-bond donors (Lipinski definition) is 1. The van der Waals surface area contributed by atoms with Crippen molar-refractivity contribution in [1.82, 2.24) is 30.2 Å². The van der Waals surface area contributed by atoms with Gasteiger partial charge in [-0.3, -0.25) is 4.90 Å². The molecule has 2 aromatic rings. The number of hydrogen-bond acceptors (Lipinski definition) is 7. The van der Waals surface area contributed by atoms with E-state index in [2.05, 4.69) is 44.7 Å². The molecule has 1 N–H and O–H groups in total. The molecule has 120 valence electrons. The maximum Gasteiger partial charge on any atom is 0.200 e. The zero-order valence-corrected chi connectivity index (χ0v) is 13.1. The Morgan fingerprint density at radius 3 is 2.86 bits per heavy atom. The number of ether oxygens (including phenoxy) is 1. The molecule has 22 heavy (non-hydrogen) atoms. The molecule has 1 saturated heterocycles. The Balaban J connectivity index is 1.64. The lowest BCUT2D eigenvalue weighted by molar-refractivity contribution is 0.0150. The predicted molar refractivity (Wildman–Crippen MR) is 82.7 cm³/mol. The SMILES string of the molecule is CC(C)CC(CNc1ccc2nnnn2n1)N1CCOCC1. The van der Waals surface area contributed by atoms with Crippen molar-refractivity contribution >= 4 is 11.5 Å². The standard InChI is InChI=1S/C14H23N7O/c1-11(2)9-12(20-5-7-22-8-6-20)10-15-13-3-4-14-16-18-19-21(14)17-13/h3-4,11-12H,5-10H2,1-2H3,(H,15,17). The molecule has 0 bridgehead atoms. The van der Waals surface area contributed by atoms with Crippen molar-refractivity contribution < 1.29 is 4.74 Å². The molecule has 0 saturated carbocycles. The van der Waals surface area contributed by atoms with Gasteiger partial charge in [-0.2, -0.15) is 0 Å². The highest BCUT2D eigenvalue weighted by Gasteiger charge is 2.21. The molecule has 1 aliphatic rings. The first-order valence-electron chi connectivity index (χ1n) is 7.83. The second kappa shape index (κ2) is 6.97. The van der Waals surface area contributed by atoms with Gasteiger partial charge in [-0.15, -0.1) is 14.8 Å². The van der Waals surface area contributed by atoms with E-state index in [4.69, 9.17) is 4.74 Å². The number of rotatable bonds is 6. The van der Waals surface area contributed by atoms with E-state index in [9.17, 15) is 0 Å². The molecule has 1 fully saturated rings. The quantitative estimate of drug-likeness (QED) is 0.840. The van der Waals surface area contributed by atoms with Crippen LogP contribution in [0.15, 0.2) is 12.1 Å². The third-order valence-corrected chi connectivity index (χ3v) is 3.89. The summed E-state index contributed by atoms with van der Waals surface area (Å²) in [5.74, 6) is 1.45. The molecule has 0 spiro atoms. The van der Waals surface area contributed by atoms with Gasteiger partial charge in [-0.1, -0.05) is 13.8 Å². The van der Waals surface area contributed by atoms with Crippen LogP contribution >= 0.6 is 0 Å². The molecule has 2 aromatic heterocycles. The first-order valence-corrected chi connectivity index (χ1v) is 7.83. The van der Waals surface area contributed by atoms with E-state index in [1.54, 1.807) is 0 Å². The summed E-state index contributed by atoms with van der Waals surface area (Å²) in [6, 6.07) is 4.26. The maximum atomic E-state index is 5.46. The number of aromatic nitrogens is 5. The fourth-order valence-corrected chi connectivity index (χ4v) is 2.81. The van der Waals surface area contributed by atoms with Gasteiger partial charge < -0.3 is 10.1 Å². The molecule has 8 nitrogen and oxygen atoms in total. The summed E-state index contributed by atoms with van der Waals surface area (Å²) in [5, 5.41) is 19.1. The zero-order valence-electron chi connectivity index (χ0n) is 13.1. The largest absolute Gasteiger partial charge is 0.379 e. The normalized spacial score (nSPS) is 18.0. The van der Waals surface area contributed by atoms with Crippen LogP contribution in [0.5, 0.6) is 0 Å². The van der Waals surface area contributed by atoms with E-state index in [0.29, 0.717) is 17.6 Å². The highest BCUT2D eigenvalue weighted by atomic mass is 16.5. The fourth-order valence-electron chi connectivity index (χ4n) is 2.81. The smallest absolute Gasteiger partial charge is 0.200 e. The Kier molecular flexibility index (Phi) is 4.79. The van der Waals surface area contributed by atoms with Crippen LogP contribution in [0.25, 0.3) is 5.65 Å². The van der Waals surface area contributed by atoms with Crippen molar-refractivity contribution in [1.29, 1.82) is 0 Å². The fraction of sp³-hybridized carbons (Fsp3) is 0.714. The summed E-state index contributed by atoms with van der Waals surface area (Å²) in [5.41, 5.74) is 0.650. The minimum absolute atomic E-state index is 0.482. The van der Waals surface area contributed by atoms with Gasteiger partial charge >= 0.3 is 0 Å². The Labute approximate surface area is 129 Å². The number of anilines is 1. The van der Waals surface area contributed by atoms with Crippen LogP contribution < -0.4 is 5.32 Å². The summed E-state index contributed by atoms with van der Waals surface area (Å²) >= 11 is 0. The molecule has 0 radical (unpaired) electrons. The van der Waals surface area contributed by atoms with Gasteiger partial charge in [0.2, 0.25) is 0 Å². The summed E-state index contributed by atoms with van der Waals surface area (Å²) in [7, 11) is 0. The average Bonchev–Trinajstić information content (AvgIpc) is 2.99. The highest BCUT2D eigenvalue weighted by molar-refractivity contribution is 5.42. The monoisotopic (exact) mass is 305 g/mol. The van der Waals surface area contributed by atoms with Gasteiger partial charge in [0.15, 0.2) is 5.65 Å². The van der Waals surface area contributed by atoms with Crippen LogP contribution in [-0.2, 0) is 4.74 Å². The van der Waals surface area contributed by atoms with Gasteiger partial charge in [-0.25, -0.2) is 0 Å². The molecule has 1 unspecified atom stereocenters. The van der Waals surface area contributed by atoms with E-state index in [0.717, 1.165) is 45.1 Å². The molecular formula is C14H23N7O. The Hall–Kier alpha value is -1.80. The van der Waals surface area contributed by atoms with Crippen LogP contribution in [0.3, 0.4) is 0 Å². The lowest BCUT2D eigenvalue weighted by Crippen LogP contribution is -2.47. The summed E-state index contributed by atoms with van der Waals surface area (Å²) < 4.78 is 6.90. The van der Waals surface area contributed by atoms with E-state index >= 15 is 0 Å². The molecule has 0 amide bonds. The van der Waals surface area contributed by atoms with Crippen LogP contribution in [0, 0.1) is 5.92 Å². The summed E-state index contributed by atoms with van der Waals surface area (Å²) in [6.07, 6.45) is 1.15. The van der Waals surface area contributed by atoms with Gasteiger partial charge in [0.1, 0.15) is 5.82 Å². The number of nitrogens with zero attached hydrogens (tertiary/aromatic N) is 6. The van der Waals surface area contributed by atoms with Crippen LogP contribution in [-0.4, -0.2) is 69.0 Å². The minimum Gasteiger partial charge on any atom is -0.379 e. The molecule has 8 heteroatoms. The van der Waals surface area contributed by atoms with Gasteiger partial charge in [0, 0.05) is 25.7 Å². The first kappa shape index (κ1) is 15.1. The van der Waals surface area contributed by atoms with Gasteiger partial charge in [-0.05, 0) is 34.9 Å². The Morgan fingerprint density at radius 2 is 2.09 bits per heavy atom. The lowest BCUT2D eigenvalue weighted by atomic mass is 10.0. The zero-order chi connectivity index (χ0) is 15.4. The van der Waals surface area contributed by atoms with Gasteiger partial charge in [0.25, 0.3) is 0 Å². The van der Waals surface area contributed by atoms with Crippen molar-refractivity contribution in [3.8, 4) is 0 Å². The number of tetrazole rings is 1. The predicted octanol–water partition coefficient (Wildman–Crippen LogP) is 0.678. The summed E-state index contributed by atoms with van der Waals surface area (Å²) in [6.45, 7) is 9.03. The molecule has 1 atom stereocenters. The Bertz CT molecular complexity index is 594. The summed E-state index contributed by atoms with van der Waals surface area (Å²) in [4.78, 5) is 2.51. The second-order valence-corrected chi connectivity index (χ2v) is 6.06. The number of nitrogens with one attached hydrogen (secondary N) is 1. The van der Waals surface area contributed by atoms with Crippen molar-refractivity contribution in [2.45, 2.75) is 26.3 Å². The molecule has 1 aliphatic heterocycles. The third-order valence-electron chi connectivity index (χ3n) is 3.89. The number of morpholine rings is 1. The molecule has 3 heterocycles. The van der Waals surface area contributed by atoms with Crippen LogP contribution in [0.2, 0.25) is 0 Å². The van der Waals surface area contributed by atoms with Crippen LogP contribution in [0.1, 0.15) is 20.3 Å². The van der Waals surface area contributed by atoms with E-state index in [1.807, 2.05) is 12.1 Å². The van der Waals surface area contributed by atoms with Crippen molar-refractivity contribution in [2.24, 2.45) is 5.92 Å².